The van der Waals surface area contributed by atoms with Gasteiger partial charge in [-0.1, -0.05) is 30.4 Å². The smallest absolute Gasteiger partial charge is 0.254 e. The van der Waals surface area contributed by atoms with Crippen LogP contribution in [0.4, 0.5) is 5.69 Å². The number of methoxy groups -OCH3 is 1. The lowest BCUT2D eigenvalue weighted by Gasteiger charge is -2.34. The van der Waals surface area contributed by atoms with Gasteiger partial charge >= 0.3 is 0 Å². The van der Waals surface area contributed by atoms with E-state index in [0.717, 1.165) is 11.3 Å². The summed E-state index contributed by atoms with van der Waals surface area (Å²) in [6.45, 7) is 8.72. The number of hydrogen-bond donors (Lipinski definition) is 1. The molecule has 1 saturated heterocycles. The summed E-state index contributed by atoms with van der Waals surface area (Å²) < 4.78 is 10.9. The van der Waals surface area contributed by atoms with Crippen LogP contribution < -0.4 is 14.8 Å². The van der Waals surface area contributed by atoms with E-state index in [9.17, 15) is 9.59 Å². The largest absolute Gasteiger partial charge is 0.493 e. The van der Waals surface area contributed by atoms with Gasteiger partial charge in [0.1, 0.15) is 6.61 Å². The van der Waals surface area contributed by atoms with Crippen LogP contribution in [0.3, 0.4) is 0 Å². The number of nitrogens with one attached hydrogen (secondary N) is 1. The van der Waals surface area contributed by atoms with Crippen LogP contribution in [0.2, 0.25) is 0 Å². The fourth-order valence-corrected chi connectivity index (χ4v) is 3.40. The number of hydrogen-bond acceptors (Lipinski definition) is 5. The molecule has 3 rings (SSSR count). The molecule has 0 radical (unpaired) electrons. The number of carbonyl (C=O) groups excluding carboxylic acids is 2. The quantitative estimate of drug-likeness (QED) is 0.661. The van der Waals surface area contributed by atoms with E-state index in [1.807, 2.05) is 31.2 Å². The molecule has 1 fully saturated rings. The Labute approximate surface area is 183 Å². The molecule has 2 aromatic rings. The molecular weight excluding hydrogens is 394 g/mol. The van der Waals surface area contributed by atoms with Gasteiger partial charge in [-0.15, -0.1) is 0 Å². The van der Waals surface area contributed by atoms with Crippen LogP contribution in [-0.4, -0.2) is 68.1 Å². The van der Waals surface area contributed by atoms with Crippen molar-refractivity contribution in [1.82, 2.24) is 9.80 Å². The Balaban J connectivity index is 1.51. The Morgan fingerprint density at radius 1 is 1.06 bits per heavy atom. The van der Waals surface area contributed by atoms with Crippen LogP contribution in [0, 0.1) is 6.92 Å². The molecular formula is C24H29N3O4. The lowest BCUT2D eigenvalue weighted by Crippen LogP contribution is -2.50. The van der Waals surface area contributed by atoms with E-state index in [1.54, 1.807) is 36.3 Å². The number of carbonyl (C=O) groups is 2. The summed E-state index contributed by atoms with van der Waals surface area (Å²) >= 11 is 0. The summed E-state index contributed by atoms with van der Waals surface area (Å²) in [5.74, 6) is 0.975. The highest BCUT2D eigenvalue weighted by Crippen LogP contribution is 2.28. The zero-order chi connectivity index (χ0) is 22.2. The van der Waals surface area contributed by atoms with Gasteiger partial charge in [0.25, 0.3) is 5.91 Å². The van der Waals surface area contributed by atoms with Crippen molar-refractivity contribution in [1.29, 1.82) is 0 Å². The maximum Gasteiger partial charge on any atom is 0.254 e. The van der Waals surface area contributed by atoms with Crippen molar-refractivity contribution in [2.75, 3.05) is 51.8 Å². The number of benzene rings is 2. The Bertz CT molecular complexity index is 919. The maximum atomic E-state index is 12.9. The van der Waals surface area contributed by atoms with Crippen LogP contribution in [0.5, 0.6) is 11.5 Å². The van der Waals surface area contributed by atoms with Crippen molar-refractivity contribution in [2.24, 2.45) is 0 Å². The molecule has 0 aromatic heterocycles. The number of rotatable bonds is 8. The second-order valence-electron chi connectivity index (χ2n) is 7.45. The first-order valence-corrected chi connectivity index (χ1v) is 10.3. The van der Waals surface area contributed by atoms with E-state index >= 15 is 0 Å². The van der Waals surface area contributed by atoms with Gasteiger partial charge in [-0.05, 0) is 37.3 Å². The molecule has 1 aliphatic heterocycles. The Morgan fingerprint density at radius 2 is 1.77 bits per heavy atom. The lowest BCUT2D eigenvalue weighted by atomic mass is 10.1. The number of anilines is 1. The average molecular weight is 424 g/mol. The normalized spacial score (nSPS) is 14.1. The van der Waals surface area contributed by atoms with Gasteiger partial charge in [-0.3, -0.25) is 14.5 Å². The summed E-state index contributed by atoms with van der Waals surface area (Å²) in [5.41, 5.74) is 2.49. The van der Waals surface area contributed by atoms with Crippen molar-refractivity contribution in [3.05, 3.63) is 66.2 Å². The monoisotopic (exact) mass is 423 g/mol. The van der Waals surface area contributed by atoms with Gasteiger partial charge in [0.2, 0.25) is 5.91 Å². The minimum atomic E-state index is -0.0580. The molecule has 1 N–H and O–H groups in total. The zero-order valence-corrected chi connectivity index (χ0v) is 18.1. The highest BCUT2D eigenvalue weighted by atomic mass is 16.5. The molecule has 0 unspecified atom stereocenters. The number of aryl methyl sites for hydroxylation is 1. The highest BCUT2D eigenvalue weighted by molar-refractivity contribution is 5.95. The summed E-state index contributed by atoms with van der Waals surface area (Å²) in [6, 6.07) is 12.9. The molecule has 164 valence electrons. The third-order valence-electron chi connectivity index (χ3n) is 5.13. The van der Waals surface area contributed by atoms with Crippen LogP contribution in [0.25, 0.3) is 0 Å². The third kappa shape index (κ3) is 6.08. The Hall–Kier alpha value is -3.32. The Kier molecular flexibility index (Phi) is 7.67. The molecule has 0 atom stereocenters. The standard InChI is InChI=1S/C24H29N3O4/c1-4-15-31-21-10-7-19(16-22(21)30-3)24(29)27-13-11-26(12-14-27)17-23(28)25-20-8-5-18(2)6-9-20/h4-10,16H,1,11-15,17H2,2-3H3,(H,25,28). The molecule has 1 aliphatic rings. The van der Waals surface area contributed by atoms with Crippen molar-refractivity contribution < 1.29 is 19.1 Å². The molecule has 0 aliphatic carbocycles. The van der Waals surface area contributed by atoms with E-state index in [1.165, 1.54) is 0 Å². The van der Waals surface area contributed by atoms with Crippen molar-refractivity contribution >= 4 is 17.5 Å². The van der Waals surface area contributed by atoms with Gasteiger partial charge in [0.05, 0.1) is 13.7 Å². The molecule has 7 nitrogen and oxygen atoms in total. The molecule has 0 spiro atoms. The first-order chi connectivity index (χ1) is 15.0. The fraction of sp³-hybridized carbons (Fsp3) is 0.333. The van der Waals surface area contributed by atoms with Gasteiger partial charge in [-0.25, -0.2) is 0 Å². The van der Waals surface area contributed by atoms with Crippen molar-refractivity contribution in [2.45, 2.75) is 6.92 Å². The van der Waals surface area contributed by atoms with Gasteiger partial charge in [0.15, 0.2) is 11.5 Å². The fourth-order valence-electron chi connectivity index (χ4n) is 3.40. The van der Waals surface area contributed by atoms with Crippen molar-refractivity contribution in [3.8, 4) is 11.5 Å². The lowest BCUT2D eigenvalue weighted by molar-refractivity contribution is -0.117. The van der Waals surface area contributed by atoms with Crippen LogP contribution in [0.1, 0.15) is 15.9 Å². The minimum absolute atomic E-state index is 0.0523. The number of piperazine rings is 1. The molecule has 2 aromatic carbocycles. The second kappa shape index (κ2) is 10.6. The molecule has 2 amide bonds. The summed E-state index contributed by atoms with van der Waals surface area (Å²) in [4.78, 5) is 29.1. The third-order valence-corrected chi connectivity index (χ3v) is 5.13. The molecule has 0 saturated carbocycles. The SMILES string of the molecule is C=CCOc1ccc(C(=O)N2CCN(CC(=O)Nc3ccc(C)cc3)CC2)cc1OC. The summed E-state index contributed by atoms with van der Waals surface area (Å²) in [7, 11) is 1.55. The molecule has 0 bridgehead atoms. The maximum absolute atomic E-state index is 12.9. The topological polar surface area (TPSA) is 71.1 Å². The van der Waals surface area contributed by atoms with E-state index < -0.39 is 0 Å². The van der Waals surface area contributed by atoms with Crippen LogP contribution >= 0.6 is 0 Å². The zero-order valence-electron chi connectivity index (χ0n) is 18.1. The van der Waals surface area contributed by atoms with E-state index in [2.05, 4.69) is 16.8 Å². The van der Waals surface area contributed by atoms with Gasteiger partial charge in [0, 0.05) is 37.4 Å². The average Bonchev–Trinajstić information content (AvgIpc) is 2.79. The van der Waals surface area contributed by atoms with E-state index in [4.69, 9.17) is 9.47 Å². The first-order valence-electron chi connectivity index (χ1n) is 10.3. The Morgan fingerprint density at radius 3 is 2.42 bits per heavy atom. The molecule has 7 heteroatoms. The molecule has 1 heterocycles. The predicted octanol–water partition coefficient (Wildman–Crippen LogP) is 2.96. The van der Waals surface area contributed by atoms with E-state index in [0.29, 0.717) is 56.4 Å². The summed E-state index contributed by atoms with van der Waals surface area (Å²) in [5, 5.41) is 2.92. The van der Waals surface area contributed by atoms with E-state index in [-0.39, 0.29) is 11.8 Å². The van der Waals surface area contributed by atoms with Gasteiger partial charge in [-0.2, -0.15) is 0 Å². The number of ether oxygens (including phenoxy) is 2. The molecule has 31 heavy (non-hydrogen) atoms. The predicted molar refractivity (Wildman–Crippen MR) is 121 cm³/mol. The van der Waals surface area contributed by atoms with Crippen molar-refractivity contribution in [3.63, 3.8) is 0 Å². The minimum Gasteiger partial charge on any atom is -0.493 e. The second-order valence-corrected chi connectivity index (χ2v) is 7.45. The van der Waals surface area contributed by atoms with Crippen LogP contribution in [0.15, 0.2) is 55.1 Å². The summed E-state index contributed by atoms with van der Waals surface area (Å²) in [6.07, 6.45) is 1.65. The number of amides is 2. The number of nitrogens with zero attached hydrogens (tertiary/aromatic N) is 2. The highest BCUT2D eigenvalue weighted by Gasteiger charge is 2.24. The first kappa shape index (κ1) is 22.4. The van der Waals surface area contributed by atoms with Crippen LogP contribution in [-0.2, 0) is 4.79 Å². The van der Waals surface area contributed by atoms with Gasteiger partial charge < -0.3 is 19.7 Å².